The molecule has 3 saturated heterocycles. The number of hydrogen-bond acceptors (Lipinski definition) is 4. The van der Waals surface area contributed by atoms with Crippen molar-refractivity contribution < 1.29 is 14.0 Å². The van der Waals surface area contributed by atoms with Gasteiger partial charge in [-0.1, -0.05) is 31.9 Å². The van der Waals surface area contributed by atoms with Crippen molar-refractivity contribution in [2.24, 2.45) is 11.8 Å². The fourth-order valence-electron chi connectivity index (χ4n) is 6.73. The zero-order valence-corrected chi connectivity index (χ0v) is 19.3. The molecule has 0 radical (unpaired) electrons. The zero-order valence-electron chi connectivity index (χ0n) is 19.3. The van der Waals surface area contributed by atoms with E-state index in [0.717, 1.165) is 44.2 Å². The van der Waals surface area contributed by atoms with Gasteiger partial charge in [0.1, 0.15) is 11.9 Å². The molecule has 4 fully saturated rings. The van der Waals surface area contributed by atoms with Gasteiger partial charge in [-0.15, -0.1) is 0 Å². The summed E-state index contributed by atoms with van der Waals surface area (Å²) < 4.78 is 13.6. The molecule has 1 aliphatic carbocycles. The minimum atomic E-state index is -0.310. The number of carbonyl (C=O) groups is 2. The van der Waals surface area contributed by atoms with Crippen molar-refractivity contribution in [3.05, 3.63) is 35.6 Å². The highest BCUT2D eigenvalue weighted by Crippen LogP contribution is 2.46. The molecular weight excluding hydrogens is 419 g/mol. The van der Waals surface area contributed by atoms with Gasteiger partial charge in [0.05, 0.1) is 18.2 Å². The van der Waals surface area contributed by atoms with Gasteiger partial charge in [0, 0.05) is 31.6 Å². The van der Waals surface area contributed by atoms with E-state index in [1.54, 1.807) is 4.90 Å². The van der Waals surface area contributed by atoms with Crippen LogP contribution in [0.25, 0.3) is 0 Å². The lowest BCUT2D eigenvalue weighted by Crippen LogP contribution is -2.54. The molecule has 1 aromatic rings. The maximum Gasteiger partial charge on any atom is 0.240 e. The second-order valence-electron chi connectivity index (χ2n) is 10.4. The van der Waals surface area contributed by atoms with E-state index in [2.05, 4.69) is 15.9 Å². The Hall–Kier alpha value is -2.46. The van der Waals surface area contributed by atoms with E-state index >= 15 is 0 Å². The van der Waals surface area contributed by atoms with Crippen LogP contribution in [0.5, 0.6) is 0 Å². The summed E-state index contributed by atoms with van der Waals surface area (Å²) in [6.07, 6.45) is 7.01. The van der Waals surface area contributed by atoms with E-state index in [0.29, 0.717) is 19.0 Å². The minimum Gasteiger partial charge on any atom is -0.330 e. The normalized spacial score (nSPS) is 29.6. The van der Waals surface area contributed by atoms with Gasteiger partial charge in [0.2, 0.25) is 11.8 Å². The van der Waals surface area contributed by atoms with Crippen LogP contribution in [-0.4, -0.2) is 64.3 Å². The molecule has 0 unspecified atom stereocenters. The van der Waals surface area contributed by atoms with Crippen molar-refractivity contribution in [1.29, 1.82) is 5.26 Å². The third-order valence-electron chi connectivity index (χ3n) is 8.29. The van der Waals surface area contributed by atoms with E-state index in [4.69, 9.17) is 0 Å². The molecule has 3 aliphatic heterocycles. The first-order valence-electron chi connectivity index (χ1n) is 12.5. The molecular formula is C26H33FN4O2. The highest BCUT2D eigenvalue weighted by atomic mass is 19.1. The predicted molar refractivity (Wildman–Crippen MR) is 121 cm³/mol. The van der Waals surface area contributed by atoms with Crippen LogP contribution in [0.1, 0.15) is 63.5 Å². The summed E-state index contributed by atoms with van der Waals surface area (Å²) in [6.45, 7) is 3.91. The van der Waals surface area contributed by atoms with Crippen LogP contribution in [0.3, 0.4) is 0 Å². The fraction of sp³-hybridized carbons (Fsp3) is 0.654. The lowest BCUT2D eigenvalue weighted by atomic mass is 9.89. The van der Waals surface area contributed by atoms with E-state index in [-0.39, 0.29) is 47.7 Å². The molecule has 5 rings (SSSR count). The molecule has 176 valence electrons. The van der Waals surface area contributed by atoms with Crippen molar-refractivity contribution in [2.45, 2.75) is 76.0 Å². The number of piperazine rings is 1. The summed E-state index contributed by atoms with van der Waals surface area (Å²) in [5.74, 6) is 0.122. The van der Waals surface area contributed by atoms with Crippen LogP contribution in [0.2, 0.25) is 0 Å². The standard InChI is InChI=1S/C26H33FN4O2/c1-17(25(32)30-12-4-7-21(30)14-28)15-29-16-22-13-23(29)26(33)31(22)24(18-5-2-3-6-18)19-8-10-20(27)11-9-19/h8-11,17-18,21-24H,2-7,12-13,15-16H2,1H3/t17-,21-,22-,23-,24+/m0/s1. The van der Waals surface area contributed by atoms with Crippen LogP contribution in [0.15, 0.2) is 24.3 Å². The maximum absolute atomic E-state index is 13.6. The molecule has 6 nitrogen and oxygen atoms in total. The number of fused-ring (bicyclic) bond motifs is 2. The first-order chi connectivity index (χ1) is 16.0. The van der Waals surface area contributed by atoms with Crippen molar-refractivity contribution >= 4 is 11.8 Å². The van der Waals surface area contributed by atoms with E-state index < -0.39 is 0 Å². The Labute approximate surface area is 195 Å². The number of nitrogens with zero attached hydrogens (tertiary/aromatic N) is 4. The van der Waals surface area contributed by atoms with Crippen molar-refractivity contribution in [3.63, 3.8) is 0 Å². The lowest BCUT2D eigenvalue weighted by Gasteiger charge is -2.42. The molecule has 7 heteroatoms. The molecule has 1 saturated carbocycles. The Balaban J connectivity index is 1.29. The second kappa shape index (κ2) is 9.06. The molecule has 0 aromatic heterocycles. The number of rotatable bonds is 6. The smallest absolute Gasteiger partial charge is 0.240 e. The Morgan fingerprint density at radius 2 is 1.91 bits per heavy atom. The van der Waals surface area contributed by atoms with Gasteiger partial charge in [0.15, 0.2) is 0 Å². The van der Waals surface area contributed by atoms with Gasteiger partial charge in [0.25, 0.3) is 0 Å². The Morgan fingerprint density at radius 1 is 1.18 bits per heavy atom. The summed E-state index contributed by atoms with van der Waals surface area (Å²) >= 11 is 0. The third kappa shape index (κ3) is 4.03. The summed E-state index contributed by atoms with van der Waals surface area (Å²) in [5.41, 5.74) is 1.04. The zero-order chi connectivity index (χ0) is 23.1. The Kier molecular flexibility index (Phi) is 6.13. The minimum absolute atomic E-state index is 0.0118. The van der Waals surface area contributed by atoms with Crippen LogP contribution >= 0.6 is 0 Å². The number of nitriles is 1. The number of amides is 2. The molecule has 3 heterocycles. The van der Waals surface area contributed by atoms with Gasteiger partial charge in [-0.25, -0.2) is 4.39 Å². The van der Waals surface area contributed by atoms with Gasteiger partial charge in [-0.05, 0) is 55.7 Å². The average Bonchev–Trinajstić information content (AvgIpc) is 3.60. The third-order valence-corrected chi connectivity index (χ3v) is 8.29. The van der Waals surface area contributed by atoms with Crippen LogP contribution in [0, 0.1) is 29.0 Å². The first kappa shape index (κ1) is 22.3. The SMILES string of the molecule is C[C@@H](CN1C[C@@H]2C[C@H]1C(=O)N2[C@@H](c1ccc(F)cc1)C1CCCC1)C(=O)N1CCC[C@H]1C#N. The van der Waals surface area contributed by atoms with Crippen molar-refractivity contribution in [3.8, 4) is 6.07 Å². The monoisotopic (exact) mass is 452 g/mol. The maximum atomic E-state index is 13.6. The van der Waals surface area contributed by atoms with Crippen LogP contribution < -0.4 is 0 Å². The molecule has 5 atom stereocenters. The van der Waals surface area contributed by atoms with E-state index in [1.807, 2.05) is 19.1 Å². The molecule has 33 heavy (non-hydrogen) atoms. The summed E-state index contributed by atoms with van der Waals surface area (Å²) in [6, 6.07) is 8.60. The highest BCUT2D eigenvalue weighted by Gasteiger charge is 2.53. The van der Waals surface area contributed by atoms with Crippen LogP contribution in [-0.2, 0) is 9.59 Å². The molecule has 4 aliphatic rings. The quantitative estimate of drug-likeness (QED) is 0.663. The van der Waals surface area contributed by atoms with Gasteiger partial charge in [-0.3, -0.25) is 14.5 Å². The van der Waals surface area contributed by atoms with Gasteiger partial charge in [-0.2, -0.15) is 5.26 Å². The van der Waals surface area contributed by atoms with Crippen LogP contribution in [0.4, 0.5) is 4.39 Å². The van der Waals surface area contributed by atoms with Gasteiger partial charge >= 0.3 is 0 Å². The topological polar surface area (TPSA) is 67.7 Å². The molecule has 2 bridgehead atoms. The van der Waals surface area contributed by atoms with E-state index in [9.17, 15) is 19.2 Å². The number of hydrogen-bond donors (Lipinski definition) is 0. The fourth-order valence-corrected chi connectivity index (χ4v) is 6.73. The summed E-state index contributed by atoms with van der Waals surface area (Å²) in [7, 11) is 0. The molecule has 1 aromatic carbocycles. The molecule has 2 amide bonds. The Morgan fingerprint density at radius 3 is 2.58 bits per heavy atom. The van der Waals surface area contributed by atoms with E-state index in [1.165, 1.54) is 25.0 Å². The summed E-state index contributed by atoms with van der Waals surface area (Å²) in [4.78, 5) is 32.6. The summed E-state index contributed by atoms with van der Waals surface area (Å²) in [5, 5.41) is 9.33. The largest absolute Gasteiger partial charge is 0.330 e. The average molecular weight is 453 g/mol. The molecule has 0 spiro atoms. The first-order valence-corrected chi connectivity index (χ1v) is 12.5. The highest BCUT2D eigenvalue weighted by molar-refractivity contribution is 5.86. The lowest BCUT2D eigenvalue weighted by molar-refractivity contribution is -0.143. The van der Waals surface area contributed by atoms with Crippen molar-refractivity contribution in [1.82, 2.24) is 14.7 Å². The number of carbonyl (C=O) groups excluding carboxylic acids is 2. The number of likely N-dealkylation sites (tertiary alicyclic amines) is 3. The number of benzene rings is 1. The Bertz CT molecular complexity index is 939. The predicted octanol–water partition coefficient (Wildman–Crippen LogP) is 3.49. The van der Waals surface area contributed by atoms with Crippen molar-refractivity contribution in [2.75, 3.05) is 19.6 Å². The second-order valence-corrected chi connectivity index (χ2v) is 10.4. The number of halogens is 1. The molecule has 0 N–H and O–H groups in total. The van der Waals surface area contributed by atoms with Gasteiger partial charge < -0.3 is 9.80 Å².